The van der Waals surface area contributed by atoms with Crippen LogP contribution in [0.5, 0.6) is 0 Å². The summed E-state index contributed by atoms with van der Waals surface area (Å²) in [6.45, 7) is 5.89. The van der Waals surface area contributed by atoms with Crippen molar-refractivity contribution in [2.75, 3.05) is 5.32 Å². The minimum absolute atomic E-state index is 0.0362. The third kappa shape index (κ3) is 5.26. The van der Waals surface area contributed by atoms with Crippen LogP contribution < -0.4 is 10.6 Å². The van der Waals surface area contributed by atoms with Crippen LogP contribution in [0.2, 0.25) is 0 Å². The van der Waals surface area contributed by atoms with E-state index in [0.29, 0.717) is 10.7 Å². The molecule has 6 nitrogen and oxygen atoms in total. The number of benzene rings is 2. The van der Waals surface area contributed by atoms with Gasteiger partial charge in [0.1, 0.15) is 11.0 Å². The summed E-state index contributed by atoms with van der Waals surface area (Å²) in [7, 11) is 0. The van der Waals surface area contributed by atoms with Crippen molar-refractivity contribution >= 4 is 28.3 Å². The lowest BCUT2D eigenvalue weighted by atomic mass is 9.98. The molecule has 0 fully saturated rings. The maximum absolute atomic E-state index is 12.9. The predicted octanol–water partition coefficient (Wildman–Crippen LogP) is 4.30. The van der Waals surface area contributed by atoms with E-state index in [2.05, 4.69) is 20.8 Å². The normalized spacial score (nSPS) is 12.8. The molecule has 3 aromatic rings. The summed E-state index contributed by atoms with van der Waals surface area (Å²) in [6.07, 6.45) is 0.748. The van der Waals surface area contributed by atoms with Gasteiger partial charge in [-0.3, -0.25) is 14.9 Å². The maximum Gasteiger partial charge on any atom is 0.251 e. The Bertz CT molecular complexity index is 970. The molecule has 0 saturated carbocycles. The lowest BCUT2D eigenvalue weighted by molar-refractivity contribution is -0.119. The van der Waals surface area contributed by atoms with Crippen molar-refractivity contribution in [1.29, 1.82) is 0 Å². The van der Waals surface area contributed by atoms with E-state index in [1.165, 1.54) is 11.3 Å². The minimum atomic E-state index is -0.669. The van der Waals surface area contributed by atoms with Gasteiger partial charge in [0.2, 0.25) is 11.0 Å². The molecule has 0 bridgehead atoms. The summed E-state index contributed by atoms with van der Waals surface area (Å²) in [6, 6.07) is 16.3. The van der Waals surface area contributed by atoms with Crippen LogP contribution in [0.25, 0.3) is 10.6 Å². The molecule has 1 heterocycles. The molecule has 0 radical (unpaired) electrons. The van der Waals surface area contributed by atoms with Crippen LogP contribution in [-0.4, -0.2) is 28.1 Å². The first-order valence-corrected chi connectivity index (χ1v) is 10.4. The predicted molar refractivity (Wildman–Crippen MR) is 116 cm³/mol. The monoisotopic (exact) mass is 408 g/mol. The van der Waals surface area contributed by atoms with E-state index >= 15 is 0 Å². The van der Waals surface area contributed by atoms with Gasteiger partial charge in [0, 0.05) is 11.1 Å². The first-order chi connectivity index (χ1) is 14.0. The molecule has 3 rings (SSSR count). The molecule has 2 atom stereocenters. The molecule has 2 N–H and O–H groups in total. The second-order valence-corrected chi connectivity index (χ2v) is 7.95. The highest BCUT2D eigenvalue weighted by Crippen LogP contribution is 2.26. The van der Waals surface area contributed by atoms with Crippen molar-refractivity contribution in [3.63, 3.8) is 0 Å². The van der Waals surface area contributed by atoms with E-state index in [4.69, 9.17) is 0 Å². The van der Waals surface area contributed by atoms with Crippen molar-refractivity contribution < 1.29 is 9.59 Å². The Balaban J connectivity index is 1.72. The van der Waals surface area contributed by atoms with Crippen molar-refractivity contribution in [2.45, 2.75) is 33.2 Å². The van der Waals surface area contributed by atoms with Gasteiger partial charge in [0.05, 0.1) is 0 Å². The number of hydrogen-bond acceptors (Lipinski definition) is 5. The molecule has 2 amide bonds. The number of anilines is 1. The fraction of sp³-hybridized carbons (Fsp3) is 0.273. The number of nitrogens with one attached hydrogen (secondary N) is 2. The van der Waals surface area contributed by atoms with Gasteiger partial charge < -0.3 is 5.32 Å². The van der Waals surface area contributed by atoms with Crippen LogP contribution in [0, 0.1) is 12.8 Å². The molecule has 0 aliphatic heterocycles. The standard InChI is InChI=1S/C22H24N4O2S/c1-4-15(3)18(23-19(27)16-12-10-14(2)11-13-16)20(28)24-22-26-25-21(29-22)17-8-6-5-7-9-17/h5-13,15,18H,4H2,1-3H3,(H,23,27)(H,24,26,28)/t15-,18-/m0/s1. The molecule has 1 aromatic heterocycles. The molecule has 0 unspecified atom stereocenters. The molecule has 0 saturated heterocycles. The highest BCUT2D eigenvalue weighted by molar-refractivity contribution is 7.18. The Morgan fingerprint density at radius 2 is 1.72 bits per heavy atom. The van der Waals surface area contributed by atoms with Crippen molar-refractivity contribution in [2.24, 2.45) is 5.92 Å². The number of aryl methyl sites for hydroxylation is 1. The van der Waals surface area contributed by atoms with Crippen LogP contribution in [0.4, 0.5) is 5.13 Å². The number of hydrogen-bond donors (Lipinski definition) is 2. The van der Waals surface area contributed by atoms with E-state index in [9.17, 15) is 9.59 Å². The van der Waals surface area contributed by atoms with E-state index in [1.807, 2.05) is 63.2 Å². The quantitative estimate of drug-likeness (QED) is 0.611. The van der Waals surface area contributed by atoms with Gasteiger partial charge in [-0.1, -0.05) is 79.6 Å². The van der Waals surface area contributed by atoms with Crippen LogP contribution >= 0.6 is 11.3 Å². The summed E-state index contributed by atoms with van der Waals surface area (Å²) in [4.78, 5) is 25.5. The van der Waals surface area contributed by atoms with E-state index in [-0.39, 0.29) is 17.7 Å². The van der Waals surface area contributed by atoms with Crippen LogP contribution in [-0.2, 0) is 4.79 Å². The zero-order valence-corrected chi connectivity index (χ0v) is 17.5. The molecule has 150 valence electrons. The fourth-order valence-electron chi connectivity index (χ4n) is 2.79. The van der Waals surface area contributed by atoms with Gasteiger partial charge in [-0.2, -0.15) is 0 Å². The SMILES string of the molecule is CC[C@H](C)[C@H](NC(=O)c1ccc(C)cc1)C(=O)Nc1nnc(-c2ccccc2)s1. The average Bonchev–Trinajstić information content (AvgIpc) is 3.20. The molecule has 0 aliphatic rings. The number of amides is 2. The fourth-order valence-corrected chi connectivity index (χ4v) is 3.54. The minimum Gasteiger partial charge on any atom is -0.340 e. The number of carbonyl (C=O) groups excluding carboxylic acids is 2. The summed E-state index contributed by atoms with van der Waals surface area (Å²) in [5.74, 6) is -0.603. The molecule has 2 aromatic carbocycles. The first kappa shape index (κ1) is 20.7. The Labute approximate surface area is 174 Å². The van der Waals surface area contributed by atoms with Gasteiger partial charge in [-0.05, 0) is 25.0 Å². The zero-order chi connectivity index (χ0) is 20.8. The Hall–Kier alpha value is -3.06. The zero-order valence-electron chi connectivity index (χ0n) is 16.7. The maximum atomic E-state index is 12.9. The summed E-state index contributed by atoms with van der Waals surface area (Å²) in [5, 5.41) is 15.0. The molecule has 0 aliphatic carbocycles. The van der Waals surface area contributed by atoms with Crippen molar-refractivity contribution in [3.05, 3.63) is 65.7 Å². The van der Waals surface area contributed by atoms with E-state index < -0.39 is 6.04 Å². The van der Waals surface area contributed by atoms with Gasteiger partial charge >= 0.3 is 0 Å². The number of nitrogens with zero attached hydrogens (tertiary/aromatic N) is 2. The highest BCUT2D eigenvalue weighted by Gasteiger charge is 2.27. The number of rotatable bonds is 7. The van der Waals surface area contributed by atoms with E-state index in [1.54, 1.807) is 12.1 Å². The van der Waals surface area contributed by atoms with Crippen LogP contribution in [0.15, 0.2) is 54.6 Å². The van der Waals surface area contributed by atoms with Gasteiger partial charge in [0.25, 0.3) is 5.91 Å². The lowest BCUT2D eigenvalue weighted by Crippen LogP contribution is -2.47. The second kappa shape index (κ2) is 9.43. The third-order valence-electron chi connectivity index (χ3n) is 4.77. The molecule has 29 heavy (non-hydrogen) atoms. The third-order valence-corrected chi connectivity index (χ3v) is 5.66. The Kier molecular flexibility index (Phi) is 6.72. The molecule has 0 spiro atoms. The summed E-state index contributed by atoms with van der Waals surface area (Å²) < 4.78 is 0. The summed E-state index contributed by atoms with van der Waals surface area (Å²) >= 11 is 1.30. The van der Waals surface area contributed by atoms with Gasteiger partial charge in [0.15, 0.2) is 0 Å². The largest absolute Gasteiger partial charge is 0.340 e. The van der Waals surface area contributed by atoms with E-state index in [0.717, 1.165) is 22.6 Å². The smallest absolute Gasteiger partial charge is 0.251 e. The van der Waals surface area contributed by atoms with Gasteiger partial charge in [-0.15, -0.1) is 10.2 Å². The van der Waals surface area contributed by atoms with Crippen LogP contribution in [0.3, 0.4) is 0 Å². The van der Waals surface area contributed by atoms with Crippen molar-refractivity contribution in [1.82, 2.24) is 15.5 Å². The highest BCUT2D eigenvalue weighted by atomic mass is 32.1. The van der Waals surface area contributed by atoms with Gasteiger partial charge in [-0.25, -0.2) is 0 Å². The second-order valence-electron chi connectivity index (χ2n) is 6.97. The van der Waals surface area contributed by atoms with Crippen molar-refractivity contribution in [3.8, 4) is 10.6 Å². The first-order valence-electron chi connectivity index (χ1n) is 9.55. The molecular weight excluding hydrogens is 384 g/mol. The number of aromatic nitrogens is 2. The Morgan fingerprint density at radius 1 is 1.03 bits per heavy atom. The lowest BCUT2D eigenvalue weighted by Gasteiger charge is -2.23. The molecule has 7 heteroatoms. The van der Waals surface area contributed by atoms with Crippen LogP contribution in [0.1, 0.15) is 36.2 Å². The Morgan fingerprint density at radius 3 is 2.38 bits per heavy atom. The number of carbonyl (C=O) groups is 2. The average molecular weight is 409 g/mol. The molecular formula is C22H24N4O2S. The topological polar surface area (TPSA) is 84.0 Å². The summed E-state index contributed by atoms with van der Waals surface area (Å²) in [5.41, 5.74) is 2.54.